The van der Waals surface area contributed by atoms with Crippen LogP contribution in [0.2, 0.25) is 0 Å². The van der Waals surface area contributed by atoms with Gasteiger partial charge in [-0.05, 0) is 36.0 Å². The van der Waals surface area contributed by atoms with Gasteiger partial charge in [-0.3, -0.25) is 9.59 Å². The van der Waals surface area contributed by atoms with Crippen molar-refractivity contribution < 1.29 is 9.59 Å². The number of hydrogen-bond donors (Lipinski definition) is 2. The van der Waals surface area contributed by atoms with Crippen LogP contribution in [0, 0.1) is 16.7 Å². The molecular formula is C19H26N4O2. The molecule has 2 rings (SSSR count). The standard InChI is InChI=1S/C19H26N4O2/c1-19(2,3)16(21)18(25)23-10-4-5-15(23)17(24)22-12-14-8-6-13(11-20)7-9-14/h6-9,15-16H,4-5,10,12,21H2,1-3H3,(H,22,24). The molecule has 6 heteroatoms. The minimum atomic E-state index is -0.626. The number of nitriles is 1. The van der Waals surface area contributed by atoms with Crippen LogP contribution in [0.15, 0.2) is 24.3 Å². The van der Waals surface area contributed by atoms with Crippen molar-refractivity contribution in [3.63, 3.8) is 0 Å². The van der Waals surface area contributed by atoms with Gasteiger partial charge in [-0.25, -0.2) is 0 Å². The van der Waals surface area contributed by atoms with Crippen molar-refractivity contribution in [2.24, 2.45) is 11.1 Å². The maximum absolute atomic E-state index is 12.6. The number of rotatable bonds is 4. The fourth-order valence-electron chi connectivity index (χ4n) is 2.86. The number of nitrogens with two attached hydrogens (primary N) is 1. The van der Waals surface area contributed by atoms with Gasteiger partial charge in [-0.1, -0.05) is 32.9 Å². The van der Waals surface area contributed by atoms with E-state index in [1.54, 1.807) is 17.0 Å². The zero-order chi connectivity index (χ0) is 18.6. The van der Waals surface area contributed by atoms with Gasteiger partial charge < -0.3 is 16.0 Å². The Hall–Kier alpha value is -2.39. The lowest BCUT2D eigenvalue weighted by atomic mass is 9.86. The van der Waals surface area contributed by atoms with Gasteiger partial charge in [0.25, 0.3) is 0 Å². The highest BCUT2D eigenvalue weighted by Gasteiger charge is 2.39. The van der Waals surface area contributed by atoms with Crippen LogP contribution >= 0.6 is 0 Å². The Labute approximate surface area is 149 Å². The Morgan fingerprint density at radius 3 is 2.56 bits per heavy atom. The van der Waals surface area contributed by atoms with Crippen molar-refractivity contribution >= 4 is 11.8 Å². The average molecular weight is 342 g/mol. The number of nitrogens with one attached hydrogen (secondary N) is 1. The summed E-state index contributed by atoms with van der Waals surface area (Å²) in [6, 6.07) is 8.03. The quantitative estimate of drug-likeness (QED) is 0.867. The van der Waals surface area contributed by atoms with Crippen molar-refractivity contribution in [2.45, 2.75) is 52.2 Å². The Balaban J connectivity index is 1.97. The molecule has 2 atom stereocenters. The molecule has 0 aliphatic carbocycles. The Kier molecular flexibility index (Phi) is 5.81. The molecule has 1 heterocycles. The van der Waals surface area contributed by atoms with Crippen LogP contribution in [0.1, 0.15) is 44.7 Å². The first-order valence-electron chi connectivity index (χ1n) is 8.57. The molecule has 1 aliphatic heterocycles. The monoisotopic (exact) mass is 342 g/mol. The molecule has 3 N–H and O–H groups in total. The van der Waals surface area contributed by atoms with Gasteiger partial charge in [-0.15, -0.1) is 0 Å². The van der Waals surface area contributed by atoms with Gasteiger partial charge in [0.15, 0.2) is 0 Å². The van der Waals surface area contributed by atoms with Gasteiger partial charge in [0, 0.05) is 13.1 Å². The number of carbonyl (C=O) groups excluding carboxylic acids is 2. The van der Waals surface area contributed by atoms with E-state index in [9.17, 15) is 9.59 Å². The summed E-state index contributed by atoms with van der Waals surface area (Å²) in [7, 11) is 0. The molecule has 0 spiro atoms. The van der Waals surface area contributed by atoms with Crippen LogP contribution in [-0.2, 0) is 16.1 Å². The van der Waals surface area contributed by atoms with Gasteiger partial charge >= 0.3 is 0 Å². The van der Waals surface area contributed by atoms with Crippen molar-refractivity contribution in [2.75, 3.05) is 6.54 Å². The molecule has 1 aliphatic rings. The van der Waals surface area contributed by atoms with E-state index in [2.05, 4.69) is 11.4 Å². The fraction of sp³-hybridized carbons (Fsp3) is 0.526. The number of likely N-dealkylation sites (tertiary alicyclic amines) is 1. The number of amides is 2. The van der Waals surface area contributed by atoms with E-state index in [-0.39, 0.29) is 17.2 Å². The Morgan fingerprint density at radius 2 is 2.00 bits per heavy atom. The largest absolute Gasteiger partial charge is 0.350 e. The predicted octanol–water partition coefficient (Wildman–Crippen LogP) is 1.54. The van der Waals surface area contributed by atoms with Crippen molar-refractivity contribution in [3.05, 3.63) is 35.4 Å². The predicted molar refractivity (Wildman–Crippen MR) is 95.2 cm³/mol. The second kappa shape index (κ2) is 7.66. The molecule has 2 unspecified atom stereocenters. The minimum Gasteiger partial charge on any atom is -0.350 e. The molecule has 2 amide bonds. The second-order valence-electron chi connectivity index (χ2n) is 7.56. The second-order valence-corrected chi connectivity index (χ2v) is 7.56. The number of benzene rings is 1. The van der Waals surface area contributed by atoms with E-state index < -0.39 is 12.1 Å². The third kappa shape index (κ3) is 4.58. The highest BCUT2D eigenvalue weighted by Crippen LogP contribution is 2.24. The third-order valence-corrected chi connectivity index (χ3v) is 4.59. The molecule has 0 saturated carbocycles. The summed E-state index contributed by atoms with van der Waals surface area (Å²) in [6.07, 6.45) is 1.46. The van der Waals surface area contributed by atoms with E-state index in [4.69, 9.17) is 11.0 Å². The van der Waals surface area contributed by atoms with Crippen molar-refractivity contribution in [1.29, 1.82) is 5.26 Å². The topological polar surface area (TPSA) is 99.2 Å². The summed E-state index contributed by atoms with van der Waals surface area (Å²) in [6.45, 7) is 6.70. The summed E-state index contributed by atoms with van der Waals surface area (Å²) < 4.78 is 0. The van der Waals surface area contributed by atoms with Crippen LogP contribution in [0.3, 0.4) is 0 Å². The Morgan fingerprint density at radius 1 is 1.36 bits per heavy atom. The molecular weight excluding hydrogens is 316 g/mol. The highest BCUT2D eigenvalue weighted by atomic mass is 16.2. The molecule has 0 aromatic heterocycles. The van der Waals surface area contributed by atoms with Crippen molar-refractivity contribution in [1.82, 2.24) is 10.2 Å². The van der Waals surface area contributed by atoms with Crippen LogP contribution in [0.5, 0.6) is 0 Å². The third-order valence-electron chi connectivity index (χ3n) is 4.59. The summed E-state index contributed by atoms with van der Waals surface area (Å²) in [5.74, 6) is -0.320. The molecule has 134 valence electrons. The molecule has 6 nitrogen and oxygen atoms in total. The zero-order valence-electron chi connectivity index (χ0n) is 15.1. The number of carbonyl (C=O) groups is 2. The lowest BCUT2D eigenvalue weighted by Crippen LogP contribution is -2.54. The molecule has 0 bridgehead atoms. The van der Waals surface area contributed by atoms with Gasteiger partial charge in [0.05, 0.1) is 17.7 Å². The van der Waals surface area contributed by atoms with Gasteiger partial charge in [-0.2, -0.15) is 5.26 Å². The normalized spacial score (nSPS) is 18.5. The average Bonchev–Trinajstić information content (AvgIpc) is 3.07. The maximum Gasteiger partial charge on any atom is 0.243 e. The number of hydrogen-bond acceptors (Lipinski definition) is 4. The minimum absolute atomic E-state index is 0.156. The first-order chi connectivity index (χ1) is 11.7. The lowest BCUT2D eigenvalue weighted by molar-refractivity contribution is -0.141. The van der Waals surface area contributed by atoms with Crippen LogP contribution in [-0.4, -0.2) is 35.3 Å². The van der Waals surface area contributed by atoms with E-state index >= 15 is 0 Å². The number of nitrogens with zero attached hydrogens (tertiary/aromatic N) is 2. The Bertz CT molecular complexity index is 670. The molecule has 1 fully saturated rings. The van der Waals surface area contributed by atoms with E-state index in [1.807, 2.05) is 32.9 Å². The van der Waals surface area contributed by atoms with E-state index in [1.165, 1.54) is 0 Å². The summed E-state index contributed by atoms with van der Waals surface area (Å²) in [5.41, 5.74) is 7.23. The van der Waals surface area contributed by atoms with E-state index in [0.717, 1.165) is 12.0 Å². The molecule has 1 aromatic carbocycles. The zero-order valence-corrected chi connectivity index (χ0v) is 15.1. The summed E-state index contributed by atoms with van der Waals surface area (Å²) in [4.78, 5) is 26.8. The lowest BCUT2D eigenvalue weighted by Gasteiger charge is -2.32. The fourth-order valence-corrected chi connectivity index (χ4v) is 2.86. The first-order valence-corrected chi connectivity index (χ1v) is 8.57. The SMILES string of the molecule is CC(C)(C)C(N)C(=O)N1CCCC1C(=O)NCc1ccc(C#N)cc1. The summed E-state index contributed by atoms with van der Waals surface area (Å²) >= 11 is 0. The maximum atomic E-state index is 12.6. The van der Waals surface area contributed by atoms with Crippen molar-refractivity contribution in [3.8, 4) is 6.07 Å². The smallest absolute Gasteiger partial charge is 0.243 e. The van der Waals surface area contributed by atoms with Crippen LogP contribution in [0.25, 0.3) is 0 Å². The molecule has 1 saturated heterocycles. The molecule has 25 heavy (non-hydrogen) atoms. The first kappa shape index (κ1) is 18.9. The van der Waals surface area contributed by atoms with Crippen LogP contribution in [0.4, 0.5) is 0 Å². The van der Waals surface area contributed by atoms with Gasteiger partial charge in [0.2, 0.25) is 11.8 Å². The summed E-state index contributed by atoms with van der Waals surface area (Å²) in [5, 5.41) is 11.7. The molecule has 1 aromatic rings. The van der Waals surface area contributed by atoms with Gasteiger partial charge in [0.1, 0.15) is 6.04 Å². The highest BCUT2D eigenvalue weighted by molar-refractivity contribution is 5.90. The van der Waals surface area contributed by atoms with Crippen LogP contribution < -0.4 is 11.1 Å². The van der Waals surface area contributed by atoms with E-state index in [0.29, 0.717) is 25.1 Å². The molecule has 0 radical (unpaired) electrons.